The number of hydrogen-bond acceptors (Lipinski definition) is 7. The van der Waals surface area contributed by atoms with Crippen molar-refractivity contribution in [1.82, 2.24) is 15.0 Å². The summed E-state index contributed by atoms with van der Waals surface area (Å²) in [7, 11) is 0. The molecule has 0 radical (unpaired) electrons. The lowest BCUT2D eigenvalue weighted by Crippen LogP contribution is -2.19. The molecule has 0 fully saturated rings. The Hall–Kier alpha value is -8.29. The Morgan fingerprint density at radius 2 is 1.00 bits per heavy atom. The fourth-order valence-electron chi connectivity index (χ4n) is 7.99. The van der Waals surface area contributed by atoms with Crippen LogP contribution in [0.5, 0.6) is 0 Å². The van der Waals surface area contributed by atoms with Gasteiger partial charge in [-0.3, -0.25) is 10.8 Å². The maximum Gasteiger partial charge on any atom is 0.164 e. The zero-order valence-electron chi connectivity index (χ0n) is 32.2. The summed E-state index contributed by atoms with van der Waals surface area (Å²) in [5, 5.41) is 17.8. The van der Waals surface area contributed by atoms with E-state index >= 15 is 0 Å². The number of benzene rings is 8. The maximum atomic E-state index is 8.86. The summed E-state index contributed by atoms with van der Waals surface area (Å²) < 4.78 is 6.29. The molecule has 282 valence electrons. The highest BCUT2D eigenvalue weighted by Crippen LogP contribution is 2.36. The predicted octanol–water partition coefficient (Wildman–Crippen LogP) is 13.1. The Balaban J connectivity index is 1.03. The van der Waals surface area contributed by atoms with Crippen LogP contribution < -0.4 is 5.43 Å². The van der Waals surface area contributed by atoms with Crippen molar-refractivity contribution in [3.63, 3.8) is 0 Å². The highest BCUT2D eigenvalue weighted by Gasteiger charge is 2.21. The summed E-state index contributed by atoms with van der Waals surface area (Å²) in [5.41, 5.74) is 15.3. The highest BCUT2D eigenvalue weighted by atomic mass is 16.3. The molecule has 7 heteroatoms. The van der Waals surface area contributed by atoms with Gasteiger partial charge >= 0.3 is 0 Å². The third-order valence-corrected chi connectivity index (χ3v) is 11.0. The molecule has 0 bridgehead atoms. The number of rotatable bonds is 7. The lowest BCUT2D eigenvalue weighted by molar-refractivity contribution is 0.669. The molecule has 0 saturated heterocycles. The standard InChI is InChI=1S/C53H34N6O/c54-46-28-26-35-23-21-34-22-24-38(31-45(34)49(35)50(46)59-58-42-17-5-2-6-18-42)37-14-10-16-40(30-37)52-55-51(39-15-9-13-36(29-39)33-11-3-1-4-12-33)56-53(57-52)41-25-27-44-43-19-7-8-20-47(43)60-48(44)32-41/h1-32,54,58H/b54-46?,59-50+. The van der Waals surface area contributed by atoms with Crippen molar-refractivity contribution >= 4 is 55.9 Å². The van der Waals surface area contributed by atoms with Gasteiger partial charge in [-0.1, -0.05) is 140 Å². The Morgan fingerprint density at radius 3 is 1.75 bits per heavy atom. The van der Waals surface area contributed by atoms with Crippen molar-refractivity contribution in [3.8, 4) is 56.4 Å². The molecule has 2 heterocycles. The number of hydrogen-bond donors (Lipinski definition) is 2. The van der Waals surface area contributed by atoms with Crippen molar-refractivity contribution in [2.75, 3.05) is 5.43 Å². The van der Waals surface area contributed by atoms with Gasteiger partial charge in [-0.2, -0.15) is 5.10 Å². The monoisotopic (exact) mass is 770 g/mol. The predicted molar refractivity (Wildman–Crippen MR) is 245 cm³/mol. The molecule has 0 saturated carbocycles. The number of allylic oxidation sites excluding steroid dienone is 1. The van der Waals surface area contributed by atoms with E-state index in [-0.39, 0.29) is 0 Å². The molecule has 10 aromatic rings. The Kier molecular flexibility index (Phi) is 8.48. The number of furan rings is 1. The first kappa shape index (κ1) is 34.9. The third kappa shape index (κ3) is 6.40. The van der Waals surface area contributed by atoms with Crippen molar-refractivity contribution in [2.24, 2.45) is 5.10 Å². The molecule has 2 aromatic heterocycles. The third-order valence-electron chi connectivity index (χ3n) is 11.0. The van der Waals surface area contributed by atoms with E-state index in [2.05, 4.69) is 90.4 Å². The van der Waals surface area contributed by atoms with E-state index in [1.807, 2.05) is 103 Å². The Morgan fingerprint density at radius 1 is 0.433 bits per heavy atom. The zero-order valence-corrected chi connectivity index (χ0v) is 32.2. The molecular weight excluding hydrogens is 737 g/mol. The average molecular weight is 771 g/mol. The first-order chi connectivity index (χ1) is 29.6. The summed E-state index contributed by atoms with van der Waals surface area (Å²) in [6, 6.07) is 61.7. The minimum atomic E-state index is 0.348. The van der Waals surface area contributed by atoms with E-state index in [9.17, 15) is 0 Å². The van der Waals surface area contributed by atoms with Crippen LogP contribution in [0.1, 0.15) is 11.1 Å². The van der Waals surface area contributed by atoms with Crippen LogP contribution in [-0.4, -0.2) is 26.4 Å². The van der Waals surface area contributed by atoms with Crippen molar-refractivity contribution < 1.29 is 4.42 Å². The van der Waals surface area contributed by atoms with Gasteiger partial charge in [0.25, 0.3) is 0 Å². The van der Waals surface area contributed by atoms with Crippen LogP contribution in [0.4, 0.5) is 5.69 Å². The molecule has 60 heavy (non-hydrogen) atoms. The van der Waals surface area contributed by atoms with Crippen LogP contribution in [-0.2, 0) is 0 Å². The Labute approximate surface area is 345 Å². The van der Waals surface area contributed by atoms with Gasteiger partial charge < -0.3 is 4.42 Å². The largest absolute Gasteiger partial charge is 0.456 e. The quantitative estimate of drug-likeness (QED) is 0.157. The molecule has 2 N–H and O–H groups in total. The zero-order chi connectivity index (χ0) is 40.0. The lowest BCUT2D eigenvalue weighted by Gasteiger charge is -2.18. The van der Waals surface area contributed by atoms with Crippen LogP contribution in [0, 0.1) is 5.41 Å². The average Bonchev–Trinajstić information content (AvgIpc) is 3.69. The second-order valence-corrected chi connectivity index (χ2v) is 14.8. The topological polar surface area (TPSA) is 100 Å². The molecule has 11 rings (SSSR count). The molecule has 0 atom stereocenters. The lowest BCUT2D eigenvalue weighted by atomic mass is 9.88. The molecular formula is C53H34N6O. The fourth-order valence-corrected chi connectivity index (χ4v) is 7.99. The molecule has 0 aliphatic heterocycles. The van der Waals surface area contributed by atoms with Gasteiger partial charge in [-0.25, -0.2) is 15.0 Å². The first-order valence-electron chi connectivity index (χ1n) is 19.8. The minimum absolute atomic E-state index is 0.348. The molecule has 1 aliphatic rings. The smallest absolute Gasteiger partial charge is 0.164 e. The Bertz CT molecular complexity index is 3370. The summed E-state index contributed by atoms with van der Waals surface area (Å²) >= 11 is 0. The number of nitrogens with zero attached hydrogens (tertiary/aromatic N) is 4. The second kappa shape index (κ2) is 14.6. The van der Waals surface area contributed by atoms with E-state index in [1.165, 1.54) is 0 Å². The van der Waals surface area contributed by atoms with Gasteiger partial charge in [-0.15, -0.1) is 0 Å². The number of aromatic nitrogens is 3. The van der Waals surface area contributed by atoms with Crippen LogP contribution >= 0.6 is 0 Å². The molecule has 0 spiro atoms. The minimum Gasteiger partial charge on any atom is -0.456 e. The summed E-state index contributed by atoms with van der Waals surface area (Å²) in [5.74, 6) is 1.69. The van der Waals surface area contributed by atoms with E-state index in [0.29, 0.717) is 28.9 Å². The van der Waals surface area contributed by atoms with Crippen LogP contribution in [0.15, 0.2) is 198 Å². The highest BCUT2D eigenvalue weighted by molar-refractivity contribution is 6.55. The molecule has 7 nitrogen and oxygen atoms in total. The van der Waals surface area contributed by atoms with Gasteiger partial charge in [0.1, 0.15) is 16.9 Å². The van der Waals surface area contributed by atoms with Gasteiger partial charge in [0.2, 0.25) is 0 Å². The van der Waals surface area contributed by atoms with Gasteiger partial charge in [0.15, 0.2) is 17.5 Å². The number of para-hydroxylation sites is 2. The van der Waals surface area contributed by atoms with E-state index in [0.717, 1.165) is 88.5 Å². The number of anilines is 1. The van der Waals surface area contributed by atoms with Gasteiger partial charge in [-0.05, 0) is 93.2 Å². The van der Waals surface area contributed by atoms with E-state index in [1.54, 1.807) is 6.08 Å². The van der Waals surface area contributed by atoms with Gasteiger partial charge in [0, 0.05) is 33.0 Å². The molecule has 0 unspecified atom stereocenters. The molecule has 0 amide bonds. The molecule has 8 aromatic carbocycles. The first-order valence-corrected chi connectivity index (χ1v) is 19.8. The van der Waals surface area contributed by atoms with E-state index < -0.39 is 0 Å². The summed E-state index contributed by atoms with van der Waals surface area (Å²) in [6.07, 6.45) is 3.79. The molecule has 1 aliphatic carbocycles. The summed E-state index contributed by atoms with van der Waals surface area (Å²) in [6.45, 7) is 0. The maximum absolute atomic E-state index is 8.86. The number of nitrogens with one attached hydrogen (secondary N) is 2. The number of fused-ring (bicyclic) bond motifs is 6. The van der Waals surface area contributed by atoms with Crippen molar-refractivity contribution in [2.45, 2.75) is 0 Å². The SMILES string of the molecule is N=C1C=Cc2ccc3ccc(-c4cccc(-c5nc(-c6cccc(-c7ccccc7)c6)nc(-c6ccc7c(c6)oc6ccccc67)n5)c4)cc3c2/C1=N/Nc1ccccc1. The normalized spacial score (nSPS) is 13.0. The van der Waals surface area contributed by atoms with Crippen molar-refractivity contribution in [1.29, 1.82) is 5.41 Å². The van der Waals surface area contributed by atoms with Gasteiger partial charge in [0.05, 0.1) is 11.4 Å². The second-order valence-electron chi connectivity index (χ2n) is 14.8. The fraction of sp³-hybridized carbons (Fsp3) is 0. The van der Waals surface area contributed by atoms with Crippen molar-refractivity contribution in [3.05, 3.63) is 199 Å². The van der Waals surface area contributed by atoms with Crippen LogP contribution in [0.25, 0.3) is 95.2 Å². The summed E-state index contributed by atoms with van der Waals surface area (Å²) in [4.78, 5) is 15.4. The number of hydrazone groups is 1. The van der Waals surface area contributed by atoms with E-state index in [4.69, 9.17) is 29.9 Å². The van der Waals surface area contributed by atoms with Crippen LogP contribution in [0.3, 0.4) is 0 Å². The van der Waals surface area contributed by atoms with Crippen LogP contribution in [0.2, 0.25) is 0 Å².